The number of nitrogen functional groups attached to an aromatic ring is 1. The van der Waals surface area contributed by atoms with Gasteiger partial charge in [-0.2, -0.15) is 0 Å². The van der Waals surface area contributed by atoms with E-state index in [1.165, 1.54) is 12.8 Å². The molecule has 3 nitrogen and oxygen atoms in total. The fourth-order valence-electron chi connectivity index (χ4n) is 2.37. The molecule has 1 aromatic heterocycles. The van der Waals surface area contributed by atoms with E-state index in [-0.39, 0.29) is 0 Å². The number of nitrogens with zero attached hydrogens (tertiary/aromatic N) is 1. The molecule has 1 unspecified atom stereocenters. The summed E-state index contributed by atoms with van der Waals surface area (Å²) in [5, 5.41) is 4.61. The highest BCUT2D eigenvalue weighted by molar-refractivity contribution is 6.30. The molecule has 1 fully saturated rings. The summed E-state index contributed by atoms with van der Waals surface area (Å²) in [6, 6.07) is 7.64. The second kappa shape index (κ2) is 4.32. The van der Waals surface area contributed by atoms with Gasteiger partial charge in [0.15, 0.2) is 5.82 Å². The predicted molar refractivity (Wildman–Crippen MR) is 72.5 cm³/mol. The molecule has 0 spiro atoms. The van der Waals surface area contributed by atoms with E-state index in [0.29, 0.717) is 22.7 Å². The van der Waals surface area contributed by atoms with Crippen molar-refractivity contribution in [2.24, 2.45) is 5.92 Å². The zero-order valence-corrected chi connectivity index (χ0v) is 10.9. The molecule has 1 heterocycles. The molecule has 0 radical (unpaired) electrons. The molecule has 2 aromatic rings. The molecule has 1 aliphatic carbocycles. The van der Waals surface area contributed by atoms with Gasteiger partial charge in [-0.15, -0.1) is 0 Å². The highest BCUT2D eigenvalue weighted by Gasteiger charge is 2.34. The monoisotopic (exact) mass is 262 g/mol. The average molecular weight is 263 g/mol. The fourth-order valence-corrected chi connectivity index (χ4v) is 2.56. The molecule has 2 N–H and O–H groups in total. The highest BCUT2D eigenvalue weighted by Crippen LogP contribution is 2.46. The van der Waals surface area contributed by atoms with E-state index >= 15 is 0 Å². The fraction of sp³-hybridized carbons (Fsp3) is 0.357. The Kier molecular flexibility index (Phi) is 2.78. The molecule has 94 valence electrons. The molecule has 18 heavy (non-hydrogen) atoms. The largest absolute Gasteiger partial charge is 0.380 e. The average Bonchev–Trinajstić information content (AvgIpc) is 3.12. The van der Waals surface area contributed by atoms with E-state index in [9.17, 15) is 0 Å². The maximum atomic E-state index is 6.03. The van der Waals surface area contributed by atoms with Crippen molar-refractivity contribution in [3.8, 4) is 11.1 Å². The molecule has 1 aliphatic rings. The summed E-state index contributed by atoms with van der Waals surface area (Å²) in [6.07, 6.45) is 2.52. The van der Waals surface area contributed by atoms with Gasteiger partial charge in [0.05, 0.1) is 5.56 Å². The van der Waals surface area contributed by atoms with E-state index in [2.05, 4.69) is 12.1 Å². The number of anilines is 1. The molecule has 0 amide bonds. The zero-order valence-electron chi connectivity index (χ0n) is 10.2. The quantitative estimate of drug-likeness (QED) is 0.906. The normalized spacial score (nSPS) is 16.8. The van der Waals surface area contributed by atoms with Crippen LogP contribution in [0.1, 0.15) is 31.4 Å². The van der Waals surface area contributed by atoms with Gasteiger partial charge >= 0.3 is 0 Å². The molecule has 3 rings (SSSR count). The van der Waals surface area contributed by atoms with Crippen LogP contribution in [-0.4, -0.2) is 5.16 Å². The van der Waals surface area contributed by atoms with Crippen molar-refractivity contribution >= 4 is 17.4 Å². The zero-order chi connectivity index (χ0) is 12.7. The van der Waals surface area contributed by atoms with E-state index in [0.717, 1.165) is 16.9 Å². The highest BCUT2D eigenvalue weighted by atomic mass is 35.5. The van der Waals surface area contributed by atoms with Gasteiger partial charge in [0, 0.05) is 10.9 Å². The third-order valence-corrected chi connectivity index (χ3v) is 3.84. The van der Waals surface area contributed by atoms with Gasteiger partial charge in [-0.25, -0.2) is 0 Å². The van der Waals surface area contributed by atoms with E-state index in [4.69, 9.17) is 21.9 Å². The van der Waals surface area contributed by atoms with E-state index < -0.39 is 0 Å². The lowest BCUT2D eigenvalue weighted by molar-refractivity contribution is 0.358. The minimum absolute atomic E-state index is 0.365. The van der Waals surface area contributed by atoms with Crippen LogP contribution in [-0.2, 0) is 0 Å². The van der Waals surface area contributed by atoms with Crippen LogP contribution in [0.4, 0.5) is 5.82 Å². The van der Waals surface area contributed by atoms with Gasteiger partial charge in [0.2, 0.25) is 0 Å². The van der Waals surface area contributed by atoms with Crippen molar-refractivity contribution in [2.75, 3.05) is 5.73 Å². The lowest BCUT2D eigenvalue weighted by Crippen LogP contribution is -1.97. The third-order valence-electron chi connectivity index (χ3n) is 3.60. The van der Waals surface area contributed by atoms with Crippen molar-refractivity contribution in [3.05, 3.63) is 35.0 Å². The Morgan fingerprint density at radius 3 is 2.89 bits per heavy atom. The Balaban J connectivity index is 2.07. The smallest absolute Gasteiger partial charge is 0.175 e. The minimum Gasteiger partial charge on any atom is -0.380 e. The molecular weight excluding hydrogens is 248 g/mol. The summed E-state index contributed by atoms with van der Waals surface area (Å²) >= 11 is 6.03. The number of hydrogen-bond acceptors (Lipinski definition) is 3. The molecule has 4 heteroatoms. The molecule has 1 aromatic carbocycles. The number of benzene rings is 1. The topological polar surface area (TPSA) is 52.0 Å². The maximum absolute atomic E-state index is 6.03. The van der Waals surface area contributed by atoms with Crippen LogP contribution < -0.4 is 5.73 Å². The first-order valence-electron chi connectivity index (χ1n) is 6.18. The summed E-state index contributed by atoms with van der Waals surface area (Å²) in [5.74, 6) is 2.40. The Bertz CT molecular complexity index is 575. The second-order valence-electron chi connectivity index (χ2n) is 4.94. The van der Waals surface area contributed by atoms with E-state index in [1.54, 1.807) is 0 Å². The number of aromatic nitrogens is 1. The van der Waals surface area contributed by atoms with Gasteiger partial charge in [0.25, 0.3) is 0 Å². The van der Waals surface area contributed by atoms with Crippen LogP contribution in [0, 0.1) is 5.92 Å². The Morgan fingerprint density at radius 1 is 1.44 bits per heavy atom. The van der Waals surface area contributed by atoms with Gasteiger partial charge in [-0.05, 0) is 36.5 Å². The first-order chi connectivity index (χ1) is 8.66. The Morgan fingerprint density at radius 2 is 2.22 bits per heavy atom. The number of nitrogens with two attached hydrogens (primary N) is 1. The Labute approximate surface area is 111 Å². The molecule has 0 saturated heterocycles. The maximum Gasteiger partial charge on any atom is 0.175 e. The number of rotatable bonds is 3. The SMILES string of the molecule is CC(c1onc(N)c1-c1cccc(Cl)c1)C1CC1. The molecule has 0 aliphatic heterocycles. The van der Waals surface area contributed by atoms with Crippen LogP contribution in [0.5, 0.6) is 0 Å². The summed E-state index contributed by atoms with van der Waals surface area (Å²) in [7, 11) is 0. The standard InChI is InChI=1S/C14H15ClN2O/c1-8(9-5-6-9)13-12(14(16)17-18-13)10-3-2-4-11(15)7-10/h2-4,7-9H,5-6H2,1H3,(H2,16,17). The first kappa shape index (κ1) is 11.6. The van der Waals surface area contributed by atoms with Crippen molar-refractivity contribution in [1.82, 2.24) is 5.16 Å². The van der Waals surface area contributed by atoms with Crippen LogP contribution in [0.15, 0.2) is 28.8 Å². The van der Waals surface area contributed by atoms with Gasteiger partial charge in [0.1, 0.15) is 5.76 Å². The Hall–Kier alpha value is -1.48. The lowest BCUT2D eigenvalue weighted by Gasteiger charge is -2.09. The van der Waals surface area contributed by atoms with Crippen molar-refractivity contribution in [3.63, 3.8) is 0 Å². The summed E-state index contributed by atoms with van der Waals surface area (Å²) < 4.78 is 5.43. The summed E-state index contributed by atoms with van der Waals surface area (Å²) in [5.41, 5.74) is 7.81. The van der Waals surface area contributed by atoms with Gasteiger partial charge in [-0.1, -0.05) is 35.8 Å². The molecule has 1 atom stereocenters. The summed E-state index contributed by atoms with van der Waals surface area (Å²) in [6.45, 7) is 2.17. The van der Waals surface area contributed by atoms with Gasteiger partial charge < -0.3 is 10.3 Å². The van der Waals surface area contributed by atoms with Crippen molar-refractivity contribution in [1.29, 1.82) is 0 Å². The molecular formula is C14H15ClN2O. The first-order valence-corrected chi connectivity index (χ1v) is 6.55. The summed E-state index contributed by atoms with van der Waals surface area (Å²) in [4.78, 5) is 0. The molecule has 1 saturated carbocycles. The van der Waals surface area contributed by atoms with Crippen LogP contribution in [0.25, 0.3) is 11.1 Å². The van der Waals surface area contributed by atoms with Gasteiger partial charge in [-0.3, -0.25) is 0 Å². The van der Waals surface area contributed by atoms with Crippen LogP contribution in [0.2, 0.25) is 5.02 Å². The van der Waals surface area contributed by atoms with Crippen LogP contribution >= 0.6 is 11.6 Å². The lowest BCUT2D eigenvalue weighted by atomic mass is 9.95. The molecule has 0 bridgehead atoms. The van der Waals surface area contributed by atoms with Crippen molar-refractivity contribution in [2.45, 2.75) is 25.7 Å². The third kappa shape index (κ3) is 1.99. The van der Waals surface area contributed by atoms with Crippen LogP contribution in [0.3, 0.4) is 0 Å². The minimum atomic E-state index is 0.365. The number of hydrogen-bond donors (Lipinski definition) is 1. The number of halogens is 1. The van der Waals surface area contributed by atoms with Crippen molar-refractivity contribution < 1.29 is 4.52 Å². The predicted octanol–water partition coefficient (Wildman–Crippen LogP) is 4.09. The second-order valence-corrected chi connectivity index (χ2v) is 5.38. The van der Waals surface area contributed by atoms with E-state index in [1.807, 2.05) is 24.3 Å².